The van der Waals surface area contributed by atoms with E-state index in [9.17, 15) is 9.59 Å². The van der Waals surface area contributed by atoms with E-state index in [1.807, 2.05) is 18.8 Å². The number of rotatable bonds is 15. The fourth-order valence-corrected chi connectivity index (χ4v) is 4.79. The minimum absolute atomic E-state index is 0.130. The van der Waals surface area contributed by atoms with Crippen molar-refractivity contribution in [2.24, 2.45) is 0 Å². The molecule has 1 aliphatic rings. The van der Waals surface area contributed by atoms with E-state index in [1.54, 1.807) is 0 Å². The molecule has 2 unspecified atom stereocenters. The maximum atomic E-state index is 11.0. The summed E-state index contributed by atoms with van der Waals surface area (Å²) < 4.78 is 10.3. The van der Waals surface area contributed by atoms with Crippen LogP contribution in [0.4, 0.5) is 0 Å². The van der Waals surface area contributed by atoms with Gasteiger partial charge in [-0.25, -0.2) is 0 Å². The van der Waals surface area contributed by atoms with Crippen molar-refractivity contribution in [2.45, 2.75) is 68.7 Å². The second-order valence-electron chi connectivity index (χ2n) is 6.43. The van der Waals surface area contributed by atoms with Crippen LogP contribution in [0, 0.1) is 0 Å². The predicted octanol–water partition coefficient (Wildman–Crippen LogP) is 2.11. The lowest BCUT2D eigenvalue weighted by Gasteiger charge is -2.23. The summed E-state index contributed by atoms with van der Waals surface area (Å²) >= 11 is 1.96. The Morgan fingerprint density at radius 2 is 1.88 bits per heavy atom. The van der Waals surface area contributed by atoms with Crippen LogP contribution in [-0.4, -0.2) is 62.8 Å². The SMILES string of the molecule is CNC1C(NC=O)CS[C@H]1CCCCCOCCCCCC(=O)OC. The lowest BCUT2D eigenvalue weighted by molar-refractivity contribution is -0.140. The van der Waals surface area contributed by atoms with Gasteiger partial charge in [-0.2, -0.15) is 11.8 Å². The molecular weight excluding hydrogens is 340 g/mol. The summed E-state index contributed by atoms with van der Waals surface area (Å²) in [5.74, 6) is 0.865. The first-order valence-corrected chi connectivity index (χ1v) is 10.4. The van der Waals surface area contributed by atoms with Crippen molar-refractivity contribution in [3.05, 3.63) is 0 Å². The Bertz CT molecular complexity index is 371. The summed E-state index contributed by atoms with van der Waals surface area (Å²) in [5, 5.41) is 6.85. The van der Waals surface area contributed by atoms with Crippen LogP contribution in [0.5, 0.6) is 0 Å². The van der Waals surface area contributed by atoms with Gasteiger partial charge in [0.25, 0.3) is 0 Å². The van der Waals surface area contributed by atoms with E-state index in [0.717, 1.165) is 51.1 Å². The molecule has 0 aromatic rings. The molecule has 1 rings (SSSR count). The molecule has 1 heterocycles. The molecule has 146 valence electrons. The zero-order valence-electron chi connectivity index (χ0n) is 15.6. The number of thioether (sulfide) groups is 1. The van der Waals surface area contributed by atoms with Gasteiger partial charge >= 0.3 is 5.97 Å². The quantitative estimate of drug-likeness (QED) is 0.260. The van der Waals surface area contributed by atoms with Crippen LogP contribution in [0.15, 0.2) is 0 Å². The Balaban J connectivity index is 1.92. The third kappa shape index (κ3) is 9.47. The molecule has 25 heavy (non-hydrogen) atoms. The monoisotopic (exact) mass is 374 g/mol. The number of carbonyl (C=O) groups is 2. The van der Waals surface area contributed by atoms with Gasteiger partial charge in [0, 0.05) is 36.7 Å². The number of amides is 1. The summed E-state index contributed by atoms with van der Waals surface area (Å²) in [6.07, 6.45) is 8.87. The van der Waals surface area contributed by atoms with Gasteiger partial charge in [-0.1, -0.05) is 19.3 Å². The number of nitrogens with one attached hydrogen (secondary N) is 2. The first kappa shape index (κ1) is 22.3. The number of carbonyl (C=O) groups excluding carboxylic acids is 2. The Kier molecular flexibility index (Phi) is 12.8. The van der Waals surface area contributed by atoms with Crippen molar-refractivity contribution in [2.75, 3.05) is 33.1 Å². The van der Waals surface area contributed by atoms with E-state index >= 15 is 0 Å². The second kappa shape index (κ2) is 14.4. The van der Waals surface area contributed by atoms with Crippen molar-refractivity contribution in [1.29, 1.82) is 0 Å². The van der Waals surface area contributed by atoms with Crippen LogP contribution in [0.2, 0.25) is 0 Å². The molecule has 6 nitrogen and oxygen atoms in total. The molecule has 7 heteroatoms. The van der Waals surface area contributed by atoms with Crippen LogP contribution in [0.3, 0.4) is 0 Å². The number of hydrogen-bond acceptors (Lipinski definition) is 6. The summed E-state index contributed by atoms with van der Waals surface area (Å²) in [4.78, 5) is 21.6. The van der Waals surface area contributed by atoms with E-state index in [1.165, 1.54) is 26.4 Å². The van der Waals surface area contributed by atoms with Gasteiger partial charge in [0.15, 0.2) is 0 Å². The molecule has 0 saturated carbocycles. The van der Waals surface area contributed by atoms with Gasteiger partial charge < -0.3 is 20.1 Å². The molecule has 0 spiro atoms. The molecular formula is C18H34N2O4S. The Labute approximate surface area is 156 Å². The van der Waals surface area contributed by atoms with Crippen LogP contribution in [0.1, 0.15) is 51.4 Å². The summed E-state index contributed by atoms with van der Waals surface area (Å²) in [6, 6.07) is 0.622. The summed E-state index contributed by atoms with van der Waals surface area (Å²) in [6.45, 7) is 1.60. The molecule has 2 N–H and O–H groups in total. The highest BCUT2D eigenvalue weighted by Gasteiger charge is 2.34. The number of ether oxygens (including phenoxy) is 2. The van der Waals surface area contributed by atoms with Crippen molar-refractivity contribution in [1.82, 2.24) is 10.6 Å². The summed E-state index contributed by atoms with van der Waals surface area (Å²) in [7, 11) is 3.40. The zero-order chi connectivity index (χ0) is 18.3. The molecule has 0 aromatic carbocycles. The van der Waals surface area contributed by atoms with Gasteiger partial charge in [0.05, 0.1) is 13.2 Å². The number of likely N-dealkylation sites (N-methyl/N-ethyl adjacent to an activating group) is 1. The van der Waals surface area contributed by atoms with E-state index in [-0.39, 0.29) is 12.0 Å². The lowest BCUT2D eigenvalue weighted by Crippen LogP contribution is -2.48. The number of unbranched alkanes of at least 4 members (excludes halogenated alkanes) is 4. The molecule has 0 aliphatic carbocycles. The summed E-state index contributed by atoms with van der Waals surface area (Å²) in [5.41, 5.74) is 0. The molecule has 0 aromatic heterocycles. The molecule has 0 radical (unpaired) electrons. The first-order chi connectivity index (χ1) is 12.2. The Hall–Kier alpha value is -0.790. The number of methoxy groups -OCH3 is 1. The van der Waals surface area contributed by atoms with E-state index in [2.05, 4.69) is 15.4 Å². The third-order valence-corrected chi connectivity index (χ3v) is 6.12. The number of hydrogen-bond donors (Lipinski definition) is 2. The van der Waals surface area contributed by atoms with Crippen molar-refractivity contribution < 1.29 is 19.1 Å². The van der Waals surface area contributed by atoms with Gasteiger partial charge in [-0.15, -0.1) is 0 Å². The zero-order valence-corrected chi connectivity index (χ0v) is 16.4. The maximum Gasteiger partial charge on any atom is 0.305 e. The van der Waals surface area contributed by atoms with Crippen molar-refractivity contribution in [3.63, 3.8) is 0 Å². The van der Waals surface area contributed by atoms with Crippen LogP contribution >= 0.6 is 11.8 Å². The fourth-order valence-electron chi connectivity index (χ4n) is 3.16. The Morgan fingerprint density at radius 3 is 2.52 bits per heavy atom. The molecule has 1 amide bonds. The molecule has 1 aliphatic heterocycles. The van der Waals surface area contributed by atoms with E-state index < -0.39 is 0 Å². The minimum Gasteiger partial charge on any atom is -0.469 e. The van der Waals surface area contributed by atoms with Crippen LogP contribution in [-0.2, 0) is 19.1 Å². The smallest absolute Gasteiger partial charge is 0.305 e. The Morgan fingerprint density at radius 1 is 1.16 bits per heavy atom. The maximum absolute atomic E-state index is 11.0. The normalized spacial score (nSPS) is 22.7. The topological polar surface area (TPSA) is 76.7 Å². The molecule has 1 fully saturated rings. The third-order valence-electron chi connectivity index (χ3n) is 4.61. The average molecular weight is 375 g/mol. The van der Waals surface area contributed by atoms with E-state index in [4.69, 9.17) is 4.74 Å². The molecule has 1 saturated heterocycles. The largest absolute Gasteiger partial charge is 0.469 e. The highest BCUT2D eigenvalue weighted by atomic mass is 32.2. The van der Waals surface area contributed by atoms with Gasteiger partial charge in [0.2, 0.25) is 6.41 Å². The first-order valence-electron chi connectivity index (χ1n) is 9.36. The molecule has 0 bridgehead atoms. The van der Waals surface area contributed by atoms with Crippen molar-refractivity contribution in [3.8, 4) is 0 Å². The second-order valence-corrected chi connectivity index (χ2v) is 7.70. The minimum atomic E-state index is -0.130. The highest BCUT2D eigenvalue weighted by molar-refractivity contribution is 8.00. The number of esters is 1. The van der Waals surface area contributed by atoms with Gasteiger partial charge in [-0.05, 0) is 32.7 Å². The standard InChI is InChI=1S/C18H34N2O4S/c1-19-18-15(20-14-21)13-25-16(18)9-5-3-7-11-24-12-8-4-6-10-17(22)23-2/h14-16,18-19H,3-13H2,1-2H3,(H,20,21)/t15?,16-,18?/m0/s1. The van der Waals surface area contributed by atoms with Crippen LogP contribution in [0.25, 0.3) is 0 Å². The predicted molar refractivity (Wildman–Crippen MR) is 102 cm³/mol. The lowest BCUT2D eigenvalue weighted by atomic mass is 10.0. The van der Waals surface area contributed by atoms with Crippen molar-refractivity contribution >= 4 is 24.1 Å². The average Bonchev–Trinajstić information content (AvgIpc) is 3.01. The van der Waals surface area contributed by atoms with Crippen LogP contribution < -0.4 is 10.6 Å². The molecule has 3 atom stereocenters. The van der Waals surface area contributed by atoms with Gasteiger partial charge in [0.1, 0.15) is 0 Å². The fraction of sp³-hybridized carbons (Fsp3) is 0.889. The van der Waals surface area contributed by atoms with Gasteiger partial charge in [-0.3, -0.25) is 9.59 Å². The van der Waals surface area contributed by atoms with E-state index in [0.29, 0.717) is 17.7 Å². The highest BCUT2D eigenvalue weighted by Crippen LogP contribution is 2.31.